The van der Waals surface area contributed by atoms with Crippen LogP contribution in [0.1, 0.15) is 0 Å². The van der Waals surface area contributed by atoms with Crippen LogP contribution >= 0.6 is 0 Å². The molecule has 0 atom stereocenters. The van der Waals surface area contributed by atoms with Gasteiger partial charge in [0, 0.05) is 25.2 Å². The number of anilines is 1. The van der Waals surface area contributed by atoms with Crippen molar-refractivity contribution < 1.29 is 0 Å². The molecule has 2 aromatic rings. The van der Waals surface area contributed by atoms with Gasteiger partial charge in [-0.05, 0) is 36.4 Å². The molecule has 4 heteroatoms. The van der Waals surface area contributed by atoms with Crippen molar-refractivity contribution in [2.75, 3.05) is 12.4 Å². The summed E-state index contributed by atoms with van der Waals surface area (Å²) in [6.45, 7) is 3.74. The fourth-order valence-electron chi connectivity index (χ4n) is 1.49. The van der Waals surface area contributed by atoms with E-state index >= 15 is 0 Å². The van der Waals surface area contributed by atoms with Crippen molar-refractivity contribution in [3.63, 3.8) is 0 Å². The maximum absolute atomic E-state index is 4.46. The second-order valence-corrected chi connectivity index (χ2v) is 3.60. The van der Waals surface area contributed by atoms with Crippen LogP contribution in [-0.2, 0) is 0 Å². The Hall–Kier alpha value is -2.49. The van der Waals surface area contributed by atoms with Crippen LogP contribution in [0.5, 0.6) is 0 Å². The van der Waals surface area contributed by atoms with Gasteiger partial charge in [0.2, 0.25) is 0 Å². The SMILES string of the molecule is C=C/C(=C\C=N/C)Nc1ccc2ncccc2n1. The van der Waals surface area contributed by atoms with Crippen LogP contribution in [0.25, 0.3) is 11.0 Å². The van der Waals surface area contributed by atoms with Gasteiger partial charge in [-0.15, -0.1) is 0 Å². The van der Waals surface area contributed by atoms with E-state index in [4.69, 9.17) is 0 Å². The Morgan fingerprint density at radius 1 is 1.33 bits per heavy atom. The third-order valence-corrected chi connectivity index (χ3v) is 2.35. The van der Waals surface area contributed by atoms with E-state index in [1.54, 1.807) is 25.5 Å². The topological polar surface area (TPSA) is 50.2 Å². The molecule has 0 radical (unpaired) electrons. The normalized spacial score (nSPS) is 11.9. The van der Waals surface area contributed by atoms with Crippen molar-refractivity contribution in [3.05, 3.63) is 54.9 Å². The summed E-state index contributed by atoms with van der Waals surface area (Å²) < 4.78 is 0. The summed E-state index contributed by atoms with van der Waals surface area (Å²) in [5.74, 6) is 0.756. The van der Waals surface area contributed by atoms with Crippen molar-refractivity contribution >= 4 is 23.1 Å². The number of aromatic nitrogens is 2. The lowest BCUT2D eigenvalue weighted by Gasteiger charge is -2.06. The molecule has 0 aliphatic heterocycles. The summed E-state index contributed by atoms with van der Waals surface area (Å²) >= 11 is 0. The first-order valence-corrected chi connectivity index (χ1v) is 5.57. The molecule has 0 bridgehead atoms. The Balaban J connectivity index is 2.28. The van der Waals surface area contributed by atoms with Crippen LogP contribution in [0.3, 0.4) is 0 Å². The molecule has 0 aliphatic carbocycles. The van der Waals surface area contributed by atoms with Gasteiger partial charge in [0.25, 0.3) is 0 Å². The summed E-state index contributed by atoms with van der Waals surface area (Å²) in [5.41, 5.74) is 2.58. The van der Waals surface area contributed by atoms with Crippen LogP contribution in [0.15, 0.2) is 59.9 Å². The molecule has 0 amide bonds. The van der Waals surface area contributed by atoms with Crippen molar-refractivity contribution in [1.29, 1.82) is 0 Å². The van der Waals surface area contributed by atoms with Crippen molar-refractivity contribution in [2.24, 2.45) is 4.99 Å². The molecule has 0 spiro atoms. The number of fused-ring (bicyclic) bond motifs is 1. The van der Waals surface area contributed by atoms with Gasteiger partial charge in [0.1, 0.15) is 5.82 Å². The third-order valence-electron chi connectivity index (χ3n) is 2.35. The second kappa shape index (κ2) is 5.72. The fourth-order valence-corrected chi connectivity index (χ4v) is 1.49. The van der Waals surface area contributed by atoms with Crippen LogP contribution in [0, 0.1) is 0 Å². The predicted molar refractivity (Wildman–Crippen MR) is 75.9 cm³/mol. The van der Waals surface area contributed by atoms with E-state index in [1.165, 1.54) is 0 Å². The van der Waals surface area contributed by atoms with E-state index in [1.807, 2.05) is 30.3 Å². The third kappa shape index (κ3) is 2.79. The molecule has 2 heterocycles. The first-order valence-electron chi connectivity index (χ1n) is 5.57. The van der Waals surface area contributed by atoms with Gasteiger partial charge in [-0.3, -0.25) is 9.98 Å². The van der Waals surface area contributed by atoms with E-state index in [0.717, 1.165) is 22.5 Å². The smallest absolute Gasteiger partial charge is 0.131 e. The van der Waals surface area contributed by atoms with Gasteiger partial charge in [0.05, 0.1) is 11.0 Å². The first kappa shape index (κ1) is 12.0. The fraction of sp³-hybridized carbons (Fsp3) is 0.0714. The van der Waals surface area contributed by atoms with E-state index in [9.17, 15) is 0 Å². The number of hydrogen-bond donors (Lipinski definition) is 1. The molecule has 0 aliphatic rings. The average Bonchev–Trinajstić information content (AvgIpc) is 2.43. The maximum Gasteiger partial charge on any atom is 0.131 e. The Morgan fingerprint density at radius 2 is 2.22 bits per heavy atom. The maximum atomic E-state index is 4.46. The number of allylic oxidation sites excluding steroid dienone is 2. The minimum absolute atomic E-state index is 0.756. The number of nitrogens with zero attached hydrogens (tertiary/aromatic N) is 3. The minimum atomic E-state index is 0.756. The highest BCUT2D eigenvalue weighted by Gasteiger charge is 1.98. The van der Waals surface area contributed by atoms with Crippen LogP contribution in [0.4, 0.5) is 5.82 Å². The number of aliphatic imine (C=N–C) groups is 1. The minimum Gasteiger partial charge on any atom is -0.340 e. The van der Waals surface area contributed by atoms with Gasteiger partial charge in [-0.25, -0.2) is 4.98 Å². The van der Waals surface area contributed by atoms with Gasteiger partial charge >= 0.3 is 0 Å². The second-order valence-electron chi connectivity index (χ2n) is 3.60. The summed E-state index contributed by atoms with van der Waals surface area (Å²) in [7, 11) is 1.72. The molecular formula is C14H14N4. The first-order chi connectivity index (χ1) is 8.83. The highest BCUT2D eigenvalue weighted by atomic mass is 15.0. The van der Waals surface area contributed by atoms with Gasteiger partial charge in [0.15, 0.2) is 0 Å². The lowest BCUT2D eigenvalue weighted by atomic mass is 10.3. The number of rotatable bonds is 4. The quantitative estimate of drug-likeness (QED) is 0.658. The lowest BCUT2D eigenvalue weighted by Crippen LogP contribution is -1.99. The largest absolute Gasteiger partial charge is 0.340 e. The molecule has 0 saturated carbocycles. The summed E-state index contributed by atoms with van der Waals surface area (Å²) in [4.78, 5) is 12.6. The number of hydrogen-bond acceptors (Lipinski definition) is 4. The summed E-state index contributed by atoms with van der Waals surface area (Å²) in [5, 5.41) is 3.17. The van der Waals surface area contributed by atoms with E-state index in [-0.39, 0.29) is 0 Å². The highest BCUT2D eigenvalue weighted by Crippen LogP contribution is 2.13. The van der Waals surface area contributed by atoms with Crippen LogP contribution < -0.4 is 5.32 Å². The zero-order valence-corrected chi connectivity index (χ0v) is 10.2. The zero-order chi connectivity index (χ0) is 12.8. The van der Waals surface area contributed by atoms with Crippen LogP contribution in [0.2, 0.25) is 0 Å². The Morgan fingerprint density at radius 3 is 3.00 bits per heavy atom. The monoisotopic (exact) mass is 238 g/mol. The number of nitrogens with one attached hydrogen (secondary N) is 1. The van der Waals surface area contributed by atoms with E-state index in [0.29, 0.717) is 0 Å². The molecule has 1 N–H and O–H groups in total. The Kier molecular flexibility index (Phi) is 3.81. The van der Waals surface area contributed by atoms with Gasteiger partial charge in [-0.2, -0.15) is 0 Å². The molecule has 0 unspecified atom stereocenters. The van der Waals surface area contributed by atoms with Crippen molar-refractivity contribution in [2.45, 2.75) is 0 Å². The predicted octanol–water partition coefficient (Wildman–Crippen LogP) is 2.81. The Labute approximate surface area is 106 Å². The average molecular weight is 238 g/mol. The zero-order valence-electron chi connectivity index (χ0n) is 10.2. The molecule has 2 rings (SSSR count). The summed E-state index contributed by atoms with van der Waals surface area (Å²) in [6, 6.07) is 7.61. The Bertz CT molecular complexity index is 614. The molecule has 0 aromatic carbocycles. The van der Waals surface area contributed by atoms with Crippen LogP contribution in [-0.4, -0.2) is 23.2 Å². The molecule has 18 heavy (non-hydrogen) atoms. The van der Waals surface area contributed by atoms with Crippen molar-refractivity contribution in [3.8, 4) is 0 Å². The molecule has 90 valence electrons. The lowest BCUT2D eigenvalue weighted by molar-refractivity contribution is 1.31. The number of pyridine rings is 2. The summed E-state index contributed by atoms with van der Waals surface area (Å²) in [6.07, 6.45) is 7.01. The van der Waals surface area contributed by atoms with Gasteiger partial charge < -0.3 is 5.32 Å². The van der Waals surface area contributed by atoms with Crippen molar-refractivity contribution in [1.82, 2.24) is 9.97 Å². The highest BCUT2D eigenvalue weighted by molar-refractivity contribution is 5.77. The standard InChI is InChI=1S/C14H14N4/c1-3-11(8-10-15-2)17-14-7-6-12-13(18-14)5-4-9-16-12/h3-10H,1H2,2H3,(H,17,18)/b11-8+,15-10-. The molecule has 2 aromatic heterocycles. The van der Waals surface area contributed by atoms with Gasteiger partial charge in [-0.1, -0.05) is 6.58 Å². The molecular weight excluding hydrogens is 224 g/mol. The molecule has 0 saturated heterocycles. The van der Waals surface area contributed by atoms with E-state index in [2.05, 4.69) is 26.9 Å². The van der Waals surface area contributed by atoms with E-state index < -0.39 is 0 Å². The molecule has 4 nitrogen and oxygen atoms in total. The molecule has 0 fully saturated rings.